The van der Waals surface area contributed by atoms with Gasteiger partial charge >= 0.3 is 5.97 Å². The Morgan fingerprint density at radius 1 is 1.04 bits per heavy atom. The van der Waals surface area contributed by atoms with E-state index in [0.717, 1.165) is 43.9 Å². The number of nitro benzene ring substituents is 2. The Morgan fingerprint density at radius 3 is 2.08 bits per heavy atom. The minimum absolute atomic E-state index is 0.186. The number of carbonyl (C=O) groups is 1. The zero-order chi connectivity index (χ0) is 18.1. The van der Waals surface area contributed by atoms with E-state index < -0.39 is 27.2 Å². The topological polar surface area (TPSA) is 113 Å². The highest BCUT2D eigenvalue weighted by atomic mass is 16.6. The second-order valence-electron chi connectivity index (χ2n) is 5.67. The van der Waals surface area contributed by atoms with Crippen LogP contribution < -0.4 is 0 Å². The van der Waals surface area contributed by atoms with Gasteiger partial charge in [-0.15, -0.1) is 0 Å². The minimum Gasteiger partial charge on any atom is -0.459 e. The molecule has 0 N–H and O–H groups in total. The maximum Gasteiger partial charge on any atom is 0.338 e. The number of carbonyl (C=O) groups excluding carboxylic acids is 1. The summed E-state index contributed by atoms with van der Waals surface area (Å²) in [4.78, 5) is 32.2. The van der Waals surface area contributed by atoms with Crippen LogP contribution in [0.3, 0.4) is 0 Å². The van der Waals surface area contributed by atoms with Crippen molar-refractivity contribution in [3.8, 4) is 0 Å². The molecule has 24 heavy (non-hydrogen) atoms. The molecule has 8 nitrogen and oxygen atoms in total. The Hall–Kier alpha value is -2.51. The number of hydrogen-bond donors (Lipinski definition) is 0. The lowest BCUT2D eigenvalue weighted by atomic mass is 10.1. The summed E-state index contributed by atoms with van der Waals surface area (Å²) in [5, 5.41) is 21.7. The van der Waals surface area contributed by atoms with Gasteiger partial charge in [-0.05, 0) is 19.8 Å². The van der Waals surface area contributed by atoms with Gasteiger partial charge in [0.25, 0.3) is 11.4 Å². The molecular weight excluding hydrogens is 316 g/mol. The molecule has 0 bridgehead atoms. The number of rotatable bonds is 10. The van der Waals surface area contributed by atoms with Crippen LogP contribution in [0.15, 0.2) is 18.2 Å². The van der Waals surface area contributed by atoms with E-state index in [-0.39, 0.29) is 11.7 Å². The number of hydrogen-bond acceptors (Lipinski definition) is 6. The lowest BCUT2D eigenvalue weighted by Gasteiger charge is -2.13. The second kappa shape index (κ2) is 9.59. The molecule has 0 saturated heterocycles. The van der Waals surface area contributed by atoms with Crippen molar-refractivity contribution in [3.63, 3.8) is 0 Å². The molecule has 0 radical (unpaired) electrons. The number of esters is 1. The van der Waals surface area contributed by atoms with Crippen molar-refractivity contribution in [1.29, 1.82) is 0 Å². The Bertz CT molecular complexity index is 570. The van der Waals surface area contributed by atoms with E-state index >= 15 is 0 Å². The van der Waals surface area contributed by atoms with Gasteiger partial charge in [0.2, 0.25) is 0 Å². The van der Waals surface area contributed by atoms with Crippen LogP contribution in [-0.2, 0) is 4.74 Å². The third-order valence-corrected chi connectivity index (χ3v) is 3.58. The maximum atomic E-state index is 12.1. The normalized spacial score (nSPS) is 11.8. The molecule has 1 aromatic carbocycles. The smallest absolute Gasteiger partial charge is 0.338 e. The Labute approximate surface area is 140 Å². The van der Waals surface area contributed by atoms with Gasteiger partial charge in [-0.1, -0.05) is 32.6 Å². The van der Waals surface area contributed by atoms with E-state index in [1.54, 1.807) is 6.92 Å². The third kappa shape index (κ3) is 6.31. The molecule has 0 saturated carbocycles. The van der Waals surface area contributed by atoms with E-state index in [1.807, 2.05) is 0 Å². The Morgan fingerprint density at radius 2 is 1.58 bits per heavy atom. The Kier molecular flexibility index (Phi) is 7.81. The molecule has 1 atom stereocenters. The average molecular weight is 338 g/mol. The highest BCUT2D eigenvalue weighted by Gasteiger charge is 2.21. The molecule has 0 aliphatic carbocycles. The number of non-ortho nitro benzene ring substituents is 2. The first-order chi connectivity index (χ1) is 11.3. The van der Waals surface area contributed by atoms with E-state index in [4.69, 9.17) is 4.74 Å². The molecule has 0 unspecified atom stereocenters. The van der Waals surface area contributed by atoms with Gasteiger partial charge in [-0.3, -0.25) is 20.2 Å². The van der Waals surface area contributed by atoms with Crippen molar-refractivity contribution in [1.82, 2.24) is 0 Å². The molecule has 0 aliphatic heterocycles. The fourth-order valence-corrected chi connectivity index (χ4v) is 2.27. The number of nitrogens with zero attached hydrogens (tertiary/aromatic N) is 2. The molecule has 0 amide bonds. The molecule has 0 spiro atoms. The second-order valence-corrected chi connectivity index (χ2v) is 5.67. The predicted molar refractivity (Wildman–Crippen MR) is 88.0 cm³/mol. The third-order valence-electron chi connectivity index (χ3n) is 3.58. The van der Waals surface area contributed by atoms with Crippen LogP contribution in [0.5, 0.6) is 0 Å². The maximum absolute atomic E-state index is 12.1. The molecule has 8 heteroatoms. The zero-order valence-corrected chi connectivity index (χ0v) is 13.9. The molecule has 0 aliphatic rings. The van der Waals surface area contributed by atoms with Crippen LogP contribution in [0.1, 0.15) is 62.7 Å². The standard InChI is InChI=1S/C16H22N2O6/c1-3-4-5-6-7-8-12(2)24-16(19)13-9-14(17(20)21)11-15(10-13)18(22)23/h9-12H,3-8H2,1-2H3/t12-/m0/s1. The van der Waals surface area contributed by atoms with Gasteiger partial charge in [-0.2, -0.15) is 0 Å². The SMILES string of the molecule is CCCCCCC[C@H](C)OC(=O)c1cc([N+](=O)[O-])cc([N+](=O)[O-])c1. The molecule has 0 aromatic heterocycles. The lowest BCUT2D eigenvalue weighted by molar-refractivity contribution is -0.394. The molecular formula is C16H22N2O6. The number of unbranched alkanes of at least 4 members (excludes halogenated alkanes) is 4. The number of nitro groups is 2. The fourth-order valence-electron chi connectivity index (χ4n) is 2.27. The summed E-state index contributed by atoms with van der Waals surface area (Å²) < 4.78 is 5.23. The van der Waals surface area contributed by atoms with Crippen LogP contribution in [0.25, 0.3) is 0 Å². The van der Waals surface area contributed by atoms with E-state index in [9.17, 15) is 25.0 Å². The first-order valence-electron chi connectivity index (χ1n) is 8.00. The van der Waals surface area contributed by atoms with Crippen LogP contribution in [0.2, 0.25) is 0 Å². The fraction of sp³-hybridized carbons (Fsp3) is 0.562. The highest BCUT2D eigenvalue weighted by molar-refractivity contribution is 5.91. The quantitative estimate of drug-likeness (QED) is 0.270. The molecule has 1 rings (SSSR count). The molecule has 132 valence electrons. The van der Waals surface area contributed by atoms with Crippen molar-refractivity contribution in [2.45, 2.75) is 58.5 Å². The number of ether oxygens (including phenoxy) is 1. The zero-order valence-electron chi connectivity index (χ0n) is 13.9. The van der Waals surface area contributed by atoms with Crippen molar-refractivity contribution >= 4 is 17.3 Å². The average Bonchev–Trinajstić information content (AvgIpc) is 2.54. The lowest BCUT2D eigenvalue weighted by Crippen LogP contribution is -2.15. The first kappa shape index (κ1) is 19.5. The summed E-state index contributed by atoms with van der Waals surface area (Å²) in [6, 6.07) is 2.79. The summed E-state index contributed by atoms with van der Waals surface area (Å²) in [5.74, 6) is -0.789. The Balaban J connectivity index is 2.69. The van der Waals surface area contributed by atoms with E-state index in [1.165, 1.54) is 6.42 Å². The monoisotopic (exact) mass is 338 g/mol. The van der Waals surface area contributed by atoms with Crippen LogP contribution in [0, 0.1) is 20.2 Å². The highest BCUT2D eigenvalue weighted by Crippen LogP contribution is 2.23. The van der Waals surface area contributed by atoms with Gasteiger partial charge in [0.15, 0.2) is 0 Å². The first-order valence-corrected chi connectivity index (χ1v) is 8.00. The summed E-state index contributed by atoms with van der Waals surface area (Å²) in [6.45, 7) is 3.87. The van der Waals surface area contributed by atoms with Crippen LogP contribution in [-0.4, -0.2) is 21.9 Å². The van der Waals surface area contributed by atoms with E-state index in [0.29, 0.717) is 6.42 Å². The minimum atomic E-state index is -0.789. The van der Waals surface area contributed by atoms with Crippen molar-refractivity contribution in [3.05, 3.63) is 44.0 Å². The largest absolute Gasteiger partial charge is 0.459 e. The summed E-state index contributed by atoms with van der Waals surface area (Å²) >= 11 is 0. The van der Waals surface area contributed by atoms with Gasteiger partial charge < -0.3 is 4.74 Å². The van der Waals surface area contributed by atoms with Crippen molar-refractivity contribution in [2.24, 2.45) is 0 Å². The molecule has 0 fully saturated rings. The van der Waals surface area contributed by atoms with Crippen molar-refractivity contribution in [2.75, 3.05) is 0 Å². The van der Waals surface area contributed by atoms with Gasteiger partial charge in [0.05, 0.1) is 27.6 Å². The van der Waals surface area contributed by atoms with Crippen LogP contribution >= 0.6 is 0 Å². The van der Waals surface area contributed by atoms with Gasteiger partial charge in [0, 0.05) is 12.1 Å². The molecule has 0 heterocycles. The van der Waals surface area contributed by atoms with E-state index in [2.05, 4.69) is 6.92 Å². The summed E-state index contributed by atoms with van der Waals surface area (Å²) in [5.41, 5.74) is -1.21. The van der Waals surface area contributed by atoms with Gasteiger partial charge in [0.1, 0.15) is 0 Å². The summed E-state index contributed by atoms with van der Waals surface area (Å²) in [6.07, 6.45) is 5.77. The van der Waals surface area contributed by atoms with Gasteiger partial charge in [-0.25, -0.2) is 4.79 Å². The van der Waals surface area contributed by atoms with Crippen LogP contribution in [0.4, 0.5) is 11.4 Å². The predicted octanol–water partition coefficient (Wildman–Crippen LogP) is 4.41. The molecule has 1 aromatic rings. The number of benzene rings is 1. The summed E-state index contributed by atoms with van der Waals surface area (Å²) in [7, 11) is 0. The van der Waals surface area contributed by atoms with Crippen molar-refractivity contribution < 1.29 is 19.4 Å².